The Labute approximate surface area is 111 Å². The molecule has 0 aromatic carbocycles. The highest BCUT2D eigenvalue weighted by Crippen LogP contribution is 2.23. The molecule has 0 radical (unpaired) electrons. The zero-order chi connectivity index (χ0) is 14.2. The van der Waals surface area contributed by atoms with Crippen molar-refractivity contribution < 1.29 is 14.0 Å². The van der Waals surface area contributed by atoms with Gasteiger partial charge in [0.1, 0.15) is 5.54 Å². The first-order chi connectivity index (χ1) is 8.84. The van der Waals surface area contributed by atoms with Gasteiger partial charge in [0, 0.05) is 38.0 Å². The Kier molecular flexibility index (Phi) is 3.26. The van der Waals surface area contributed by atoms with Crippen LogP contribution in [-0.4, -0.2) is 52.3 Å². The molecule has 0 atom stereocenters. The van der Waals surface area contributed by atoms with Crippen LogP contribution in [0.3, 0.4) is 0 Å². The molecule has 6 heteroatoms. The molecule has 1 aromatic heterocycles. The lowest BCUT2D eigenvalue weighted by Crippen LogP contribution is -2.63. The lowest BCUT2D eigenvalue weighted by atomic mass is 9.96. The van der Waals surface area contributed by atoms with E-state index in [1.165, 1.54) is 17.2 Å². The van der Waals surface area contributed by atoms with Crippen molar-refractivity contribution in [3.8, 4) is 0 Å². The third-order valence-corrected chi connectivity index (χ3v) is 3.42. The summed E-state index contributed by atoms with van der Waals surface area (Å²) in [5.74, 6) is -1.18. The van der Waals surface area contributed by atoms with E-state index in [0.29, 0.717) is 13.1 Å². The van der Waals surface area contributed by atoms with Crippen LogP contribution in [0.25, 0.3) is 0 Å². The summed E-state index contributed by atoms with van der Waals surface area (Å²) in [6, 6.07) is 2.53. The monoisotopic (exact) mass is 265 g/mol. The quantitative estimate of drug-likeness (QED) is 0.709. The number of hydrogen-bond donors (Lipinski definition) is 0. The average Bonchev–Trinajstić information content (AvgIpc) is 2.35. The van der Waals surface area contributed by atoms with Gasteiger partial charge in [-0.2, -0.15) is 4.39 Å². The molecule has 5 nitrogen and oxygen atoms in total. The van der Waals surface area contributed by atoms with Crippen molar-refractivity contribution >= 4 is 11.8 Å². The maximum absolute atomic E-state index is 13.1. The van der Waals surface area contributed by atoms with Crippen molar-refractivity contribution in [2.75, 3.05) is 20.1 Å². The van der Waals surface area contributed by atoms with Crippen molar-refractivity contribution in [2.24, 2.45) is 0 Å². The topological polar surface area (TPSA) is 53.5 Å². The van der Waals surface area contributed by atoms with Crippen molar-refractivity contribution in [1.29, 1.82) is 0 Å². The molecule has 0 spiro atoms. The first-order valence-corrected chi connectivity index (χ1v) is 6.03. The van der Waals surface area contributed by atoms with Gasteiger partial charge in [-0.3, -0.25) is 9.59 Å². The summed E-state index contributed by atoms with van der Waals surface area (Å²) in [6.45, 7) is 4.29. The Balaban J connectivity index is 2.31. The van der Waals surface area contributed by atoms with E-state index in [9.17, 15) is 14.0 Å². The van der Waals surface area contributed by atoms with E-state index >= 15 is 0 Å². The molecule has 0 aliphatic carbocycles. The summed E-state index contributed by atoms with van der Waals surface area (Å²) in [4.78, 5) is 31.0. The molecule has 0 saturated carbocycles. The Morgan fingerprint density at radius 3 is 2.74 bits per heavy atom. The van der Waals surface area contributed by atoms with E-state index in [4.69, 9.17) is 0 Å². The first kappa shape index (κ1) is 13.5. The van der Waals surface area contributed by atoms with Gasteiger partial charge < -0.3 is 9.80 Å². The number of carbonyl (C=O) groups excluding carboxylic acids is 2. The molecule has 2 amide bonds. The number of likely N-dealkylation sites (N-methyl/N-ethyl adjacent to an activating group) is 1. The third kappa shape index (κ3) is 2.30. The Bertz CT molecular complexity index is 530. The molecule has 0 unspecified atom stereocenters. The fourth-order valence-electron chi connectivity index (χ4n) is 2.26. The maximum Gasteiger partial charge on any atom is 0.255 e. The number of carbonyl (C=O) groups is 2. The van der Waals surface area contributed by atoms with E-state index in [1.54, 1.807) is 25.8 Å². The van der Waals surface area contributed by atoms with Crippen molar-refractivity contribution in [3.05, 3.63) is 29.8 Å². The predicted octanol–water partition coefficient (Wildman–Crippen LogP) is 0.913. The second-order valence-electron chi connectivity index (χ2n) is 5.11. The molecule has 19 heavy (non-hydrogen) atoms. The molecule has 2 rings (SSSR count). The fraction of sp³-hybridized carbons (Fsp3) is 0.462. The third-order valence-electron chi connectivity index (χ3n) is 3.42. The number of halogens is 1. The summed E-state index contributed by atoms with van der Waals surface area (Å²) in [7, 11) is 1.71. The smallest absolute Gasteiger partial charge is 0.255 e. The molecule has 2 heterocycles. The van der Waals surface area contributed by atoms with Gasteiger partial charge in [0.25, 0.3) is 5.91 Å². The van der Waals surface area contributed by atoms with E-state index in [2.05, 4.69) is 4.98 Å². The molecule has 1 fully saturated rings. The van der Waals surface area contributed by atoms with Crippen molar-refractivity contribution in [2.45, 2.75) is 19.4 Å². The van der Waals surface area contributed by atoms with E-state index in [0.717, 1.165) is 6.07 Å². The van der Waals surface area contributed by atoms with Crippen LogP contribution in [0.15, 0.2) is 18.3 Å². The van der Waals surface area contributed by atoms with Crippen LogP contribution < -0.4 is 0 Å². The van der Waals surface area contributed by atoms with Crippen molar-refractivity contribution in [1.82, 2.24) is 14.8 Å². The molecule has 0 bridgehead atoms. The van der Waals surface area contributed by atoms with Crippen LogP contribution in [0, 0.1) is 5.95 Å². The highest BCUT2D eigenvalue weighted by Gasteiger charge is 2.43. The van der Waals surface area contributed by atoms with E-state index in [-0.39, 0.29) is 17.4 Å². The molecule has 1 saturated heterocycles. The Morgan fingerprint density at radius 1 is 1.42 bits per heavy atom. The Morgan fingerprint density at radius 2 is 2.11 bits per heavy atom. The van der Waals surface area contributed by atoms with Gasteiger partial charge in [-0.1, -0.05) is 0 Å². The fourth-order valence-corrected chi connectivity index (χ4v) is 2.26. The number of aromatic nitrogens is 1. The van der Waals surface area contributed by atoms with Crippen LogP contribution in [0.2, 0.25) is 0 Å². The number of nitrogens with zero attached hydrogens (tertiary/aromatic N) is 3. The lowest BCUT2D eigenvalue weighted by molar-refractivity contribution is -0.144. The van der Waals surface area contributed by atoms with Crippen molar-refractivity contribution in [3.63, 3.8) is 0 Å². The van der Waals surface area contributed by atoms with Crippen LogP contribution in [-0.2, 0) is 4.79 Å². The highest BCUT2D eigenvalue weighted by atomic mass is 19.1. The number of pyridine rings is 1. The molecular weight excluding hydrogens is 249 g/mol. The molecule has 102 valence electrons. The van der Waals surface area contributed by atoms with E-state index < -0.39 is 11.5 Å². The van der Waals surface area contributed by atoms with Crippen LogP contribution in [0.4, 0.5) is 4.39 Å². The summed E-state index contributed by atoms with van der Waals surface area (Å²) >= 11 is 0. The van der Waals surface area contributed by atoms with Gasteiger partial charge in [-0.05, 0) is 19.9 Å². The van der Waals surface area contributed by atoms with Crippen LogP contribution >= 0.6 is 0 Å². The van der Waals surface area contributed by atoms with E-state index in [1.807, 2.05) is 0 Å². The minimum Gasteiger partial charge on any atom is -0.342 e. The predicted molar refractivity (Wildman–Crippen MR) is 66.9 cm³/mol. The molecule has 1 aromatic rings. The van der Waals surface area contributed by atoms with Crippen LogP contribution in [0.1, 0.15) is 24.2 Å². The minimum atomic E-state index is -0.927. The zero-order valence-electron chi connectivity index (χ0n) is 11.2. The van der Waals surface area contributed by atoms with Gasteiger partial charge in [0.2, 0.25) is 11.9 Å². The number of piperazine rings is 1. The maximum atomic E-state index is 13.1. The largest absolute Gasteiger partial charge is 0.342 e. The first-order valence-electron chi connectivity index (χ1n) is 6.03. The standard InChI is InChI=1S/C13H16FN3O2/c1-13(2)12(19)16(3)6-7-17(13)11(18)9-4-5-15-10(14)8-9/h4-5,8H,6-7H2,1-3H3. The van der Waals surface area contributed by atoms with Gasteiger partial charge in [-0.25, -0.2) is 4.98 Å². The minimum absolute atomic E-state index is 0.123. The normalized spacial score (nSPS) is 18.6. The lowest BCUT2D eigenvalue weighted by Gasteiger charge is -2.44. The van der Waals surface area contributed by atoms with Crippen LogP contribution in [0.5, 0.6) is 0 Å². The summed E-state index contributed by atoms with van der Waals surface area (Å²) in [5.41, 5.74) is -0.720. The van der Waals surface area contributed by atoms with Gasteiger partial charge in [0.05, 0.1) is 0 Å². The SMILES string of the molecule is CN1CCN(C(=O)c2ccnc(F)c2)C(C)(C)C1=O. The second-order valence-corrected chi connectivity index (χ2v) is 5.11. The summed E-state index contributed by atoms with van der Waals surface area (Å²) in [6.07, 6.45) is 1.24. The molecular formula is C13H16FN3O2. The highest BCUT2D eigenvalue weighted by molar-refractivity contribution is 5.99. The zero-order valence-corrected chi connectivity index (χ0v) is 11.2. The van der Waals surface area contributed by atoms with Gasteiger partial charge in [-0.15, -0.1) is 0 Å². The summed E-state index contributed by atoms with van der Waals surface area (Å²) in [5, 5.41) is 0. The summed E-state index contributed by atoms with van der Waals surface area (Å²) < 4.78 is 13.1. The van der Waals surface area contributed by atoms with Gasteiger partial charge in [0.15, 0.2) is 0 Å². The average molecular weight is 265 g/mol. The number of rotatable bonds is 1. The second kappa shape index (κ2) is 4.60. The number of amides is 2. The van der Waals surface area contributed by atoms with Gasteiger partial charge >= 0.3 is 0 Å². The Hall–Kier alpha value is -1.98. The molecule has 0 N–H and O–H groups in total. The number of hydrogen-bond acceptors (Lipinski definition) is 3. The molecule has 1 aliphatic heterocycles. The molecule has 1 aliphatic rings.